The van der Waals surface area contributed by atoms with E-state index in [1.54, 1.807) is 0 Å². The molecular formula is C69H146N6O4. The van der Waals surface area contributed by atoms with Crippen LogP contribution in [0.5, 0.6) is 0 Å². The molecular weight excluding hydrogens is 977 g/mol. The molecule has 4 atom stereocenters. The van der Waals surface area contributed by atoms with Crippen molar-refractivity contribution in [2.24, 2.45) is 0 Å². The lowest BCUT2D eigenvalue weighted by atomic mass is 10.0. The molecule has 4 unspecified atom stereocenters. The number of aliphatic hydroxyl groups excluding tert-OH is 4. The van der Waals surface area contributed by atoms with Crippen LogP contribution in [0.15, 0.2) is 0 Å². The van der Waals surface area contributed by atoms with Crippen LogP contribution in [0.2, 0.25) is 0 Å². The predicted octanol–water partition coefficient (Wildman–Crippen LogP) is 15.8. The summed E-state index contributed by atoms with van der Waals surface area (Å²) in [5.74, 6) is 0. The first-order chi connectivity index (χ1) is 38.9. The fourth-order valence-electron chi connectivity index (χ4n) is 11.5. The van der Waals surface area contributed by atoms with Crippen LogP contribution in [0, 0.1) is 0 Å². The van der Waals surface area contributed by atoms with Crippen molar-refractivity contribution in [3.8, 4) is 0 Å². The highest BCUT2D eigenvalue weighted by atomic mass is 16.3. The number of nitrogens with zero attached hydrogens (tertiary/aromatic N) is 2. The first-order valence-corrected chi connectivity index (χ1v) is 35.9. The van der Waals surface area contributed by atoms with Crippen molar-refractivity contribution in [2.75, 3.05) is 91.6 Å². The third-order valence-electron chi connectivity index (χ3n) is 16.8. The Morgan fingerprint density at radius 3 is 0.570 bits per heavy atom. The number of nitrogens with one attached hydrogen (secondary N) is 4. The summed E-state index contributed by atoms with van der Waals surface area (Å²) in [5.41, 5.74) is 0. The maximum absolute atomic E-state index is 10.7. The van der Waals surface area contributed by atoms with E-state index in [-0.39, 0.29) is 24.4 Å². The minimum Gasteiger partial charge on any atom is -0.392 e. The summed E-state index contributed by atoms with van der Waals surface area (Å²) < 4.78 is 0. The zero-order valence-electron chi connectivity index (χ0n) is 54.1. The van der Waals surface area contributed by atoms with Gasteiger partial charge in [-0.2, -0.15) is 0 Å². The van der Waals surface area contributed by atoms with E-state index in [2.05, 4.69) is 58.8 Å². The van der Waals surface area contributed by atoms with Crippen LogP contribution in [0.1, 0.15) is 329 Å². The molecule has 0 spiro atoms. The van der Waals surface area contributed by atoms with E-state index in [0.29, 0.717) is 26.2 Å². The topological polar surface area (TPSA) is 136 Å². The smallest absolute Gasteiger partial charge is 0.0664 e. The van der Waals surface area contributed by atoms with Gasteiger partial charge in [-0.25, -0.2) is 0 Å². The predicted molar refractivity (Wildman–Crippen MR) is 348 cm³/mol. The van der Waals surface area contributed by atoms with Gasteiger partial charge in [0.05, 0.1) is 24.4 Å². The third kappa shape index (κ3) is 63.5. The molecule has 0 aliphatic rings. The summed E-state index contributed by atoms with van der Waals surface area (Å²) in [5, 5.41) is 57.2. The fourth-order valence-corrected chi connectivity index (χ4v) is 11.5. The minimum absolute atomic E-state index is 0.252. The second-order valence-electron chi connectivity index (χ2n) is 25.1. The van der Waals surface area contributed by atoms with Crippen LogP contribution in [-0.4, -0.2) is 146 Å². The third-order valence-corrected chi connectivity index (χ3v) is 16.8. The molecule has 0 aliphatic carbocycles. The van der Waals surface area contributed by atoms with Gasteiger partial charge in [0, 0.05) is 26.2 Å². The highest BCUT2D eigenvalue weighted by molar-refractivity contribution is 4.70. The molecule has 0 bridgehead atoms. The van der Waals surface area contributed by atoms with Crippen LogP contribution in [0.4, 0.5) is 0 Å². The first-order valence-electron chi connectivity index (χ1n) is 35.9. The Hall–Kier alpha value is -0.400. The highest BCUT2D eigenvalue weighted by Gasteiger charge is 2.12. The fraction of sp³-hybridized carbons (Fsp3) is 1.00. The molecule has 8 N–H and O–H groups in total. The number of hydrogen-bond donors (Lipinski definition) is 8. The monoisotopic (exact) mass is 1120 g/mol. The Balaban J connectivity index is 5.07. The van der Waals surface area contributed by atoms with Crippen LogP contribution >= 0.6 is 0 Å². The van der Waals surface area contributed by atoms with Gasteiger partial charge in [-0.05, 0) is 123 Å². The minimum atomic E-state index is -0.253. The van der Waals surface area contributed by atoms with E-state index in [4.69, 9.17) is 0 Å². The Labute approximate surface area is 494 Å². The van der Waals surface area contributed by atoms with E-state index in [9.17, 15) is 20.4 Å². The van der Waals surface area contributed by atoms with Gasteiger partial charge in [0.2, 0.25) is 0 Å². The zero-order chi connectivity index (χ0) is 57.4. The van der Waals surface area contributed by atoms with E-state index >= 15 is 0 Å². The van der Waals surface area contributed by atoms with Crippen molar-refractivity contribution in [3.05, 3.63) is 0 Å². The second-order valence-corrected chi connectivity index (χ2v) is 25.1. The molecule has 0 saturated carbocycles. The van der Waals surface area contributed by atoms with Gasteiger partial charge < -0.3 is 51.5 Å². The summed E-state index contributed by atoms with van der Waals surface area (Å²) in [7, 11) is 0. The average molecular weight is 1120 g/mol. The molecule has 0 radical (unpaired) electrons. The van der Waals surface area contributed by atoms with E-state index < -0.39 is 0 Å². The maximum Gasteiger partial charge on any atom is 0.0664 e. The molecule has 79 heavy (non-hydrogen) atoms. The van der Waals surface area contributed by atoms with E-state index in [1.165, 1.54) is 218 Å². The van der Waals surface area contributed by atoms with Crippen molar-refractivity contribution >= 4 is 0 Å². The summed E-state index contributed by atoms with van der Waals surface area (Å²) >= 11 is 0. The molecule has 0 aromatic heterocycles. The Morgan fingerprint density at radius 2 is 0.380 bits per heavy atom. The van der Waals surface area contributed by atoms with Crippen LogP contribution < -0.4 is 21.3 Å². The van der Waals surface area contributed by atoms with E-state index in [1.807, 2.05) is 0 Å². The number of unbranched alkanes of at least 4 members (excludes halogenated alkanes) is 34. The molecule has 0 amide bonds. The maximum atomic E-state index is 10.7. The van der Waals surface area contributed by atoms with Gasteiger partial charge in [-0.3, -0.25) is 0 Å². The zero-order valence-corrected chi connectivity index (χ0v) is 54.1. The van der Waals surface area contributed by atoms with Gasteiger partial charge >= 0.3 is 0 Å². The molecule has 476 valence electrons. The number of aliphatic hydroxyl groups is 4. The van der Waals surface area contributed by atoms with Crippen molar-refractivity contribution in [1.82, 2.24) is 31.1 Å². The quantitative estimate of drug-likeness (QED) is 0.0278. The number of rotatable bonds is 70. The van der Waals surface area contributed by atoms with Gasteiger partial charge in [0.25, 0.3) is 0 Å². The molecule has 10 heteroatoms. The Kier molecular flexibility index (Phi) is 66.4. The van der Waals surface area contributed by atoms with Gasteiger partial charge in [0.15, 0.2) is 0 Å². The Morgan fingerprint density at radius 1 is 0.215 bits per heavy atom. The summed E-state index contributed by atoms with van der Waals surface area (Å²) in [6, 6.07) is 0. The molecule has 0 rings (SSSR count). The lowest BCUT2D eigenvalue weighted by Crippen LogP contribution is -2.37. The normalized spacial score (nSPS) is 13.6. The summed E-state index contributed by atoms with van der Waals surface area (Å²) in [6.45, 7) is 22.0. The molecule has 0 saturated heterocycles. The van der Waals surface area contributed by atoms with Gasteiger partial charge in [-0.15, -0.1) is 0 Å². The van der Waals surface area contributed by atoms with Gasteiger partial charge in [0.1, 0.15) is 0 Å². The van der Waals surface area contributed by atoms with Crippen LogP contribution in [0.3, 0.4) is 0 Å². The van der Waals surface area contributed by atoms with Crippen molar-refractivity contribution in [2.45, 2.75) is 354 Å². The largest absolute Gasteiger partial charge is 0.392 e. The van der Waals surface area contributed by atoms with Crippen molar-refractivity contribution in [3.63, 3.8) is 0 Å². The van der Waals surface area contributed by atoms with Crippen LogP contribution in [-0.2, 0) is 0 Å². The molecule has 0 heterocycles. The second kappa shape index (κ2) is 66.7. The first kappa shape index (κ1) is 78.6. The van der Waals surface area contributed by atoms with E-state index in [0.717, 1.165) is 149 Å². The van der Waals surface area contributed by atoms with Crippen LogP contribution in [0.25, 0.3) is 0 Å². The number of hydrogen-bond acceptors (Lipinski definition) is 10. The molecule has 0 aliphatic heterocycles. The lowest BCUT2D eigenvalue weighted by molar-refractivity contribution is 0.155. The average Bonchev–Trinajstić information content (AvgIpc) is 3.44. The lowest BCUT2D eigenvalue weighted by Gasteiger charge is -2.26. The SMILES string of the molecule is CCCCCCCCCCCCC(O)CNCCCN(CCCNCC(O)CCCCCCCCCC)CCCN(CCCNCC(O)CCCCCCCCCCCC)CCCNCC(O)CCCCCCCCCCCC. The molecule has 10 nitrogen and oxygen atoms in total. The standard InChI is InChI=1S/C69H146N6O4/c1-5-9-13-17-21-25-28-32-36-40-49-67(77)63-71-53-44-57-74(56-43-52-70-62-66(76)48-39-35-31-24-20-16-12-8-4)60-47-61-75(58-45-54-72-64-68(78)50-41-37-33-29-26-22-18-14-10-6-2)59-46-55-73-65-69(79)51-42-38-34-30-27-23-19-15-11-7-3/h66-73,76-79H,5-65H2,1-4H3. The molecule has 0 aromatic rings. The molecule has 0 fully saturated rings. The van der Waals surface area contributed by atoms with Crippen molar-refractivity contribution < 1.29 is 20.4 Å². The highest BCUT2D eigenvalue weighted by Crippen LogP contribution is 2.16. The summed E-state index contributed by atoms with van der Waals surface area (Å²) in [6.07, 6.45) is 58.3. The van der Waals surface area contributed by atoms with Gasteiger partial charge in [-0.1, -0.05) is 272 Å². The van der Waals surface area contributed by atoms with Crippen molar-refractivity contribution in [1.29, 1.82) is 0 Å². The summed E-state index contributed by atoms with van der Waals surface area (Å²) in [4.78, 5) is 5.32. The molecule has 0 aromatic carbocycles. The Bertz CT molecular complexity index is 1070.